The largest absolute Gasteiger partial charge is 0.339 e. The molecule has 0 saturated carbocycles. The highest BCUT2D eigenvalue weighted by atomic mass is 32.2. The zero-order valence-electron chi connectivity index (χ0n) is 10.1. The van der Waals surface area contributed by atoms with E-state index in [1.807, 2.05) is 18.1 Å². The number of carbonyl (C=O) groups is 1. The molecule has 0 spiro atoms. The number of nitrogens with one attached hydrogen (secondary N) is 1. The van der Waals surface area contributed by atoms with Crippen molar-refractivity contribution in [2.24, 2.45) is 5.92 Å². The van der Waals surface area contributed by atoms with E-state index >= 15 is 0 Å². The minimum Gasteiger partial charge on any atom is -0.339 e. The van der Waals surface area contributed by atoms with E-state index < -0.39 is 0 Å². The van der Waals surface area contributed by atoms with Crippen LogP contribution in [-0.2, 0) is 4.79 Å². The van der Waals surface area contributed by atoms with Gasteiger partial charge in [-0.25, -0.2) is 0 Å². The molecule has 3 atom stereocenters. The first-order chi connectivity index (χ1) is 7.04. The first-order valence-corrected chi connectivity index (χ1v) is 6.97. The molecular weight excluding hydrogens is 208 g/mol. The molecule has 1 amide bonds. The molecule has 1 rings (SSSR count). The fourth-order valence-electron chi connectivity index (χ4n) is 2.14. The zero-order chi connectivity index (χ0) is 11.4. The minimum absolute atomic E-state index is 0.150. The molecule has 1 heterocycles. The zero-order valence-corrected chi connectivity index (χ0v) is 10.9. The number of nitrogens with zero attached hydrogens (tertiary/aromatic N) is 1. The Kier molecular flexibility index (Phi) is 4.93. The van der Waals surface area contributed by atoms with Crippen LogP contribution in [0.15, 0.2) is 0 Å². The molecule has 0 bridgehead atoms. The predicted octanol–water partition coefficient (Wildman–Crippen LogP) is 1.19. The summed E-state index contributed by atoms with van der Waals surface area (Å²) in [6, 6.07) is 0.832. The SMILES string of the molecule is CSCC(C)C(=O)N1CC(C)NC(C)C1. The maximum absolute atomic E-state index is 12.1. The van der Waals surface area contributed by atoms with Crippen LogP contribution in [-0.4, -0.2) is 48.0 Å². The molecule has 1 aliphatic rings. The molecule has 3 nitrogen and oxygen atoms in total. The first kappa shape index (κ1) is 12.8. The van der Waals surface area contributed by atoms with Gasteiger partial charge in [-0.2, -0.15) is 11.8 Å². The van der Waals surface area contributed by atoms with E-state index in [9.17, 15) is 4.79 Å². The molecule has 1 fully saturated rings. The maximum atomic E-state index is 12.1. The van der Waals surface area contributed by atoms with Crippen molar-refractivity contribution in [2.75, 3.05) is 25.1 Å². The average molecular weight is 230 g/mol. The third kappa shape index (κ3) is 3.68. The Morgan fingerprint density at radius 2 is 2.00 bits per heavy atom. The summed E-state index contributed by atoms with van der Waals surface area (Å²) >= 11 is 1.74. The summed E-state index contributed by atoms with van der Waals surface area (Å²) in [5.41, 5.74) is 0. The van der Waals surface area contributed by atoms with Crippen LogP contribution in [0.4, 0.5) is 0 Å². The van der Waals surface area contributed by atoms with Gasteiger partial charge in [0.1, 0.15) is 0 Å². The number of thioether (sulfide) groups is 1. The third-order valence-electron chi connectivity index (χ3n) is 2.71. The molecule has 1 aliphatic heterocycles. The number of amides is 1. The minimum atomic E-state index is 0.150. The second-order valence-corrected chi connectivity index (χ2v) is 5.48. The Morgan fingerprint density at radius 1 is 1.47 bits per heavy atom. The standard InChI is InChI=1S/C11H22N2OS/c1-8(7-15-4)11(14)13-5-9(2)12-10(3)6-13/h8-10,12H,5-7H2,1-4H3. The number of hydrogen-bond acceptors (Lipinski definition) is 3. The van der Waals surface area contributed by atoms with Crippen LogP contribution in [0.25, 0.3) is 0 Å². The summed E-state index contributed by atoms with van der Waals surface area (Å²) in [6.45, 7) is 7.99. The van der Waals surface area contributed by atoms with Crippen molar-refractivity contribution in [3.8, 4) is 0 Å². The monoisotopic (exact) mass is 230 g/mol. The van der Waals surface area contributed by atoms with Crippen molar-refractivity contribution in [2.45, 2.75) is 32.9 Å². The lowest BCUT2D eigenvalue weighted by Gasteiger charge is -2.37. The molecule has 0 aromatic carbocycles. The van der Waals surface area contributed by atoms with Crippen LogP contribution >= 0.6 is 11.8 Å². The highest BCUT2D eigenvalue weighted by molar-refractivity contribution is 7.98. The Hall–Kier alpha value is -0.220. The average Bonchev–Trinajstić information content (AvgIpc) is 2.15. The van der Waals surface area contributed by atoms with Gasteiger partial charge in [0.05, 0.1) is 0 Å². The summed E-state index contributed by atoms with van der Waals surface area (Å²) in [5, 5.41) is 3.44. The fourth-order valence-corrected chi connectivity index (χ4v) is 2.78. The predicted molar refractivity (Wildman–Crippen MR) is 66.2 cm³/mol. The van der Waals surface area contributed by atoms with E-state index in [1.165, 1.54) is 0 Å². The quantitative estimate of drug-likeness (QED) is 0.790. The van der Waals surface area contributed by atoms with Crippen LogP contribution in [0.5, 0.6) is 0 Å². The van der Waals surface area contributed by atoms with Crippen molar-refractivity contribution in [3.63, 3.8) is 0 Å². The second-order valence-electron chi connectivity index (χ2n) is 4.57. The molecule has 88 valence electrons. The summed E-state index contributed by atoms with van der Waals surface area (Å²) < 4.78 is 0. The fraction of sp³-hybridized carbons (Fsp3) is 0.909. The van der Waals surface area contributed by atoms with Crippen molar-refractivity contribution in [1.82, 2.24) is 10.2 Å². The van der Waals surface area contributed by atoms with Crippen molar-refractivity contribution in [3.05, 3.63) is 0 Å². The molecule has 1 saturated heterocycles. The molecule has 0 aliphatic carbocycles. The van der Waals surface area contributed by atoms with E-state index in [4.69, 9.17) is 0 Å². The van der Waals surface area contributed by atoms with Gasteiger partial charge in [-0.05, 0) is 20.1 Å². The van der Waals surface area contributed by atoms with Crippen LogP contribution in [0.2, 0.25) is 0 Å². The highest BCUT2D eigenvalue weighted by Gasteiger charge is 2.27. The van der Waals surface area contributed by atoms with Crippen LogP contribution < -0.4 is 5.32 Å². The number of hydrogen-bond donors (Lipinski definition) is 1. The Labute approximate surface area is 97.0 Å². The van der Waals surface area contributed by atoms with Gasteiger partial charge in [0.15, 0.2) is 0 Å². The second kappa shape index (κ2) is 5.75. The molecule has 0 aromatic rings. The number of carbonyl (C=O) groups excluding carboxylic acids is 1. The molecule has 0 radical (unpaired) electrons. The van der Waals surface area contributed by atoms with Crippen LogP contribution in [0.1, 0.15) is 20.8 Å². The summed E-state index contributed by atoms with van der Waals surface area (Å²) in [4.78, 5) is 14.1. The van der Waals surface area contributed by atoms with E-state index in [0.717, 1.165) is 18.8 Å². The lowest BCUT2D eigenvalue weighted by Crippen LogP contribution is -2.56. The van der Waals surface area contributed by atoms with Gasteiger partial charge in [-0.3, -0.25) is 4.79 Å². The van der Waals surface area contributed by atoms with Gasteiger partial charge < -0.3 is 10.2 Å². The van der Waals surface area contributed by atoms with E-state index in [2.05, 4.69) is 19.2 Å². The number of piperazine rings is 1. The Balaban J connectivity index is 2.51. The maximum Gasteiger partial charge on any atom is 0.226 e. The third-order valence-corrected chi connectivity index (χ3v) is 3.54. The molecule has 0 aromatic heterocycles. The van der Waals surface area contributed by atoms with Gasteiger partial charge in [0, 0.05) is 36.8 Å². The van der Waals surface area contributed by atoms with Crippen LogP contribution in [0.3, 0.4) is 0 Å². The Morgan fingerprint density at radius 3 is 2.47 bits per heavy atom. The molecule has 3 unspecified atom stereocenters. The van der Waals surface area contributed by atoms with Gasteiger partial charge in [-0.1, -0.05) is 6.92 Å². The molecular formula is C11H22N2OS. The topological polar surface area (TPSA) is 32.3 Å². The van der Waals surface area contributed by atoms with E-state index in [0.29, 0.717) is 18.0 Å². The smallest absolute Gasteiger partial charge is 0.226 e. The van der Waals surface area contributed by atoms with Crippen LogP contribution in [0, 0.1) is 5.92 Å². The normalized spacial score (nSPS) is 28.9. The van der Waals surface area contributed by atoms with Gasteiger partial charge in [-0.15, -0.1) is 0 Å². The first-order valence-electron chi connectivity index (χ1n) is 5.58. The summed E-state index contributed by atoms with van der Waals surface area (Å²) in [6.07, 6.45) is 2.05. The van der Waals surface area contributed by atoms with Gasteiger partial charge in [0.2, 0.25) is 5.91 Å². The van der Waals surface area contributed by atoms with Crippen molar-refractivity contribution in [1.29, 1.82) is 0 Å². The lowest BCUT2D eigenvalue weighted by molar-refractivity contribution is -0.136. The Bertz CT molecular complexity index is 213. The molecule has 4 heteroatoms. The van der Waals surface area contributed by atoms with Crippen molar-refractivity contribution < 1.29 is 4.79 Å². The number of rotatable bonds is 3. The lowest BCUT2D eigenvalue weighted by atomic mass is 10.1. The van der Waals surface area contributed by atoms with E-state index in [1.54, 1.807) is 11.8 Å². The van der Waals surface area contributed by atoms with Gasteiger partial charge in [0.25, 0.3) is 0 Å². The molecule has 1 N–H and O–H groups in total. The van der Waals surface area contributed by atoms with Crippen molar-refractivity contribution >= 4 is 17.7 Å². The van der Waals surface area contributed by atoms with E-state index in [-0.39, 0.29) is 5.92 Å². The van der Waals surface area contributed by atoms with Gasteiger partial charge >= 0.3 is 0 Å². The molecule has 15 heavy (non-hydrogen) atoms. The summed E-state index contributed by atoms with van der Waals surface area (Å²) in [5.74, 6) is 1.38. The summed E-state index contributed by atoms with van der Waals surface area (Å²) in [7, 11) is 0. The highest BCUT2D eigenvalue weighted by Crippen LogP contribution is 2.12.